The van der Waals surface area contributed by atoms with Crippen LogP contribution in [0.25, 0.3) is 0 Å². The number of fused-ring (bicyclic) bond motifs is 1. The molecule has 17 heavy (non-hydrogen) atoms. The summed E-state index contributed by atoms with van der Waals surface area (Å²) >= 11 is 0. The van der Waals surface area contributed by atoms with E-state index in [1.165, 1.54) is 0 Å². The molecule has 0 aromatic carbocycles. The highest BCUT2D eigenvalue weighted by Crippen LogP contribution is 2.39. The van der Waals surface area contributed by atoms with Crippen molar-refractivity contribution in [3.8, 4) is 0 Å². The van der Waals surface area contributed by atoms with Crippen molar-refractivity contribution in [2.24, 2.45) is 11.8 Å². The van der Waals surface area contributed by atoms with Crippen molar-refractivity contribution >= 4 is 11.6 Å². The molecule has 5 heteroatoms. The lowest BCUT2D eigenvalue weighted by Crippen LogP contribution is -2.25. The lowest BCUT2D eigenvalue weighted by Gasteiger charge is -2.19. The van der Waals surface area contributed by atoms with Gasteiger partial charge in [-0.2, -0.15) is 0 Å². The molecule has 0 bridgehead atoms. The van der Waals surface area contributed by atoms with Gasteiger partial charge in [0, 0.05) is 32.1 Å². The van der Waals surface area contributed by atoms with Gasteiger partial charge in [-0.25, -0.2) is 9.97 Å². The molecule has 1 aromatic heterocycles. The van der Waals surface area contributed by atoms with Gasteiger partial charge in [0.15, 0.2) is 0 Å². The van der Waals surface area contributed by atoms with E-state index in [-0.39, 0.29) is 6.10 Å². The average Bonchev–Trinajstić information content (AvgIpc) is 2.92. The molecule has 2 aliphatic rings. The number of rotatable bonds is 2. The number of nitrogens with zero attached hydrogens (tertiary/aromatic N) is 3. The second-order valence-corrected chi connectivity index (χ2v) is 4.99. The van der Waals surface area contributed by atoms with Gasteiger partial charge in [0.2, 0.25) is 0 Å². The zero-order valence-corrected chi connectivity index (χ0v) is 10.0. The quantitative estimate of drug-likeness (QED) is 0.789. The Morgan fingerprint density at radius 1 is 1.35 bits per heavy atom. The summed E-state index contributed by atoms with van der Waals surface area (Å²) in [6, 6.07) is 1.97. The molecule has 0 amide bonds. The molecular formula is C12H18N4O. The highest BCUT2D eigenvalue weighted by Gasteiger charge is 2.42. The fourth-order valence-corrected chi connectivity index (χ4v) is 3.08. The first-order valence-electron chi connectivity index (χ1n) is 6.20. The fraction of sp³-hybridized carbons (Fsp3) is 0.667. The molecule has 2 heterocycles. The normalized spacial score (nSPS) is 31.6. The summed E-state index contributed by atoms with van der Waals surface area (Å²) in [7, 11) is 1.86. The SMILES string of the molecule is CNc1cc(N2CC3CCC(O)C3C2)ncn1. The third kappa shape index (κ3) is 1.84. The van der Waals surface area contributed by atoms with Gasteiger partial charge < -0.3 is 15.3 Å². The monoisotopic (exact) mass is 234 g/mol. The number of anilines is 2. The van der Waals surface area contributed by atoms with Gasteiger partial charge in [-0.15, -0.1) is 0 Å². The van der Waals surface area contributed by atoms with Gasteiger partial charge in [0.1, 0.15) is 18.0 Å². The maximum Gasteiger partial charge on any atom is 0.134 e. The highest BCUT2D eigenvalue weighted by molar-refractivity contribution is 5.49. The summed E-state index contributed by atoms with van der Waals surface area (Å²) < 4.78 is 0. The van der Waals surface area contributed by atoms with Crippen molar-refractivity contribution in [2.75, 3.05) is 30.4 Å². The first kappa shape index (κ1) is 10.8. The molecule has 1 saturated carbocycles. The van der Waals surface area contributed by atoms with Crippen molar-refractivity contribution in [1.82, 2.24) is 9.97 Å². The minimum Gasteiger partial charge on any atom is -0.393 e. The van der Waals surface area contributed by atoms with Crippen LogP contribution in [0, 0.1) is 11.8 Å². The predicted octanol–water partition coefficient (Wildman–Crippen LogP) is 0.725. The average molecular weight is 234 g/mol. The summed E-state index contributed by atoms with van der Waals surface area (Å²) in [6.45, 7) is 1.94. The van der Waals surface area contributed by atoms with Crippen molar-refractivity contribution in [3.63, 3.8) is 0 Å². The van der Waals surface area contributed by atoms with E-state index in [0.29, 0.717) is 11.8 Å². The highest BCUT2D eigenvalue weighted by atomic mass is 16.3. The van der Waals surface area contributed by atoms with Crippen molar-refractivity contribution in [1.29, 1.82) is 0 Å². The van der Waals surface area contributed by atoms with Crippen molar-refractivity contribution in [2.45, 2.75) is 18.9 Å². The molecule has 0 spiro atoms. The molecule has 92 valence electrons. The van der Waals surface area contributed by atoms with E-state index in [1.54, 1.807) is 6.33 Å². The van der Waals surface area contributed by atoms with Crippen LogP contribution >= 0.6 is 0 Å². The van der Waals surface area contributed by atoms with Gasteiger partial charge in [-0.1, -0.05) is 0 Å². The first-order valence-corrected chi connectivity index (χ1v) is 6.20. The molecule has 1 aliphatic heterocycles. The van der Waals surface area contributed by atoms with E-state index in [9.17, 15) is 5.11 Å². The molecule has 5 nitrogen and oxygen atoms in total. The minimum atomic E-state index is -0.115. The van der Waals surface area contributed by atoms with E-state index in [1.807, 2.05) is 13.1 Å². The van der Waals surface area contributed by atoms with Crippen molar-refractivity contribution in [3.05, 3.63) is 12.4 Å². The molecule has 2 N–H and O–H groups in total. The van der Waals surface area contributed by atoms with Crippen LogP contribution in [0.5, 0.6) is 0 Å². The van der Waals surface area contributed by atoms with Crippen LogP contribution in [-0.4, -0.2) is 41.3 Å². The van der Waals surface area contributed by atoms with Crippen molar-refractivity contribution < 1.29 is 5.11 Å². The van der Waals surface area contributed by atoms with Crippen LogP contribution in [0.1, 0.15) is 12.8 Å². The maximum absolute atomic E-state index is 9.89. The predicted molar refractivity (Wildman–Crippen MR) is 66.0 cm³/mol. The van der Waals surface area contributed by atoms with E-state index in [0.717, 1.165) is 37.6 Å². The number of aliphatic hydroxyl groups excluding tert-OH is 1. The molecule has 3 rings (SSSR count). The lowest BCUT2D eigenvalue weighted by atomic mass is 10.00. The van der Waals surface area contributed by atoms with Crippen LogP contribution < -0.4 is 10.2 Å². The Morgan fingerprint density at radius 2 is 2.24 bits per heavy atom. The first-order chi connectivity index (χ1) is 8.28. The number of aliphatic hydroxyl groups is 1. The molecule has 1 aliphatic carbocycles. The Kier molecular flexibility index (Phi) is 2.63. The number of nitrogens with one attached hydrogen (secondary N) is 1. The summed E-state index contributed by atoms with van der Waals surface area (Å²) in [5.41, 5.74) is 0. The molecule has 0 radical (unpaired) electrons. The third-order valence-corrected chi connectivity index (χ3v) is 4.05. The summed E-state index contributed by atoms with van der Waals surface area (Å²) in [6.07, 6.45) is 3.59. The fourth-order valence-electron chi connectivity index (χ4n) is 3.08. The second kappa shape index (κ2) is 4.14. The third-order valence-electron chi connectivity index (χ3n) is 4.05. The van der Waals surface area contributed by atoms with Gasteiger partial charge in [0.05, 0.1) is 6.10 Å². The summed E-state index contributed by atoms with van der Waals surface area (Å²) in [5, 5.41) is 12.9. The molecule has 1 aromatic rings. The van der Waals surface area contributed by atoms with Crippen LogP contribution in [-0.2, 0) is 0 Å². The standard InChI is InChI=1S/C12H18N4O/c1-13-11-4-12(15-7-14-11)16-5-8-2-3-10(17)9(8)6-16/h4,7-10,17H,2-3,5-6H2,1H3,(H,13,14,15). The Bertz CT molecular complexity index is 411. The smallest absolute Gasteiger partial charge is 0.134 e. The van der Waals surface area contributed by atoms with E-state index < -0.39 is 0 Å². The molecule has 1 saturated heterocycles. The van der Waals surface area contributed by atoms with Crippen LogP contribution in [0.15, 0.2) is 12.4 Å². The van der Waals surface area contributed by atoms with Crippen LogP contribution in [0.2, 0.25) is 0 Å². The number of hydrogen-bond donors (Lipinski definition) is 2. The van der Waals surface area contributed by atoms with E-state index in [2.05, 4.69) is 20.2 Å². The van der Waals surface area contributed by atoms with Crippen LogP contribution in [0.4, 0.5) is 11.6 Å². The largest absolute Gasteiger partial charge is 0.393 e. The number of hydrogen-bond acceptors (Lipinski definition) is 5. The van der Waals surface area contributed by atoms with Gasteiger partial charge in [-0.05, 0) is 18.8 Å². The van der Waals surface area contributed by atoms with E-state index in [4.69, 9.17) is 0 Å². The zero-order chi connectivity index (χ0) is 11.8. The number of aromatic nitrogens is 2. The minimum absolute atomic E-state index is 0.115. The summed E-state index contributed by atoms with van der Waals surface area (Å²) in [4.78, 5) is 10.7. The zero-order valence-electron chi connectivity index (χ0n) is 10.0. The Labute approximate surface area is 101 Å². The van der Waals surface area contributed by atoms with Gasteiger partial charge in [0.25, 0.3) is 0 Å². The summed E-state index contributed by atoms with van der Waals surface area (Å²) in [5.74, 6) is 2.87. The maximum atomic E-state index is 9.89. The molecule has 3 unspecified atom stereocenters. The molecule has 2 fully saturated rings. The topological polar surface area (TPSA) is 61.3 Å². The Morgan fingerprint density at radius 3 is 3.00 bits per heavy atom. The lowest BCUT2D eigenvalue weighted by molar-refractivity contribution is 0.133. The second-order valence-electron chi connectivity index (χ2n) is 4.99. The van der Waals surface area contributed by atoms with Gasteiger partial charge >= 0.3 is 0 Å². The Balaban J connectivity index is 1.78. The molecular weight excluding hydrogens is 216 g/mol. The van der Waals surface area contributed by atoms with E-state index >= 15 is 0 Å². The van der Waals surface area contributed by atoms with Crippen LogP contribution in [0.3, 0.4) is 0 Å². The van der Waals surface area contributed by atoms with Gasteiger partial charge in [-0.3, -0.25) is 0 Å². The molecule has 3 atom stereocenters. The Hall–Kier alpha value is -1.36.